The summed E-state index contributed by atoms with van der Waals surface area (Å²) in [6, 6.07) is 47.3. The average molecular weight is 591 g/mol. The molecule has 0 unspecified atom stereocenters. The van der Waals surface area contributed by atoms with E-state index in [-0.39, 0.29) is 6.98 Å². The molecule has 2 aliphatic heterocycles. The number of para-hydroxylation sites is 7. The van der Waals surface area contributed by atoms with Gasteiger partial charge in [0.2, 0.25) is 0 Å². The predicted molar refractivity (Wildman–Crippen MR) is 182 cm³/mol. The first kappa shape index (κ1) is 24.1. The minimum Gasteiger partial charge on any atom is -0.427 e. The van der Waals surface area contributed by atoms with Crippen LogP contribution in [0.15, 0.2) is 133 Å². The number of hydrogen-bond acceptors (Lipinski definition) is 4. The lowest BCUT2D eigenvalue weighted by molar-refractivity contribution is 0.409. The van der Waals surface area contributed by atoms with Crippen LogP contribution in [0.5, 0.6) is 23.5 Å². The van der Waals surface area contributed by atoms with E-state index in [4.69, 9.17) is 19.4 Å². The second-order valence-electron chi connectivity index (χ2n) is 11.9. The highest BCUT2D eigenvalue weighted by Gasteiger charge is 2.44. The fourth-order valence-electron chi connectivity index (χ4n) is 7.51. The van der Waals surface area contributed by atoms with Gasteiger partial charge in [-0.25, -0.2) is 0 Å². The molecule has 46 heavy (non-hydrogen) atoms. The van der Waals surface area contributed by atoms with Gasteiger partial charge in [-0.05, 0) is 60.2 Å². The maximum absolute atomic E-state index is 6.69. The molecule has 0 spiro atoms. The van der Waals surface area contributed by atoms with Gasteiger partial charge in [0.25, 0.3) is 12.0 Å². The molecule has 8 heteroatoms. The highest BCUT2D eigenvalue weighted by Crippen LogP contribution is 2.44. The van der Waals surface area contributed by atoms with Crippen LogP contribution in [0, 0.1) is 0 Å². The molecule has 214 valence electrons. The van der Waals surface area contributed by atoms with Crippen molar-refractivity contribution in [1.82, 2.24) is 23.5 Å². The molecule has 5 heterocycles. The van der Waals surface area contributed by atoms with E-state index in [1.807, 2.05) is 36.4 Å². The van der Waals surface area contributed by atoms with Crippen molar-refractivity contribution in [3.63, 3.8) is 0 Å². The van der Waals surface area contributed by atoms with Crippen LogP contribution < -0.4 is 14.9 Å². The molecule has 2 aliphatic rings. The smallest absolute Gasteiger partial charge is 0.427 e. The molecule has 0 amide bonds. The summed E-state index contributed by atoms with van der Waals surface area (Å²) in [6.07, 6.45) is 0. The normalized spacial score (nSPS) is 13.1. The van der Waals surface area contributed by atoms with Crippen molar-refractivity contribution in [3.8, 4) is 40.3 Å². The van der Waals surface area contributed by atoms with Gasteiger partial charge < -0.3 is 23.0 Å². The van der Waals surface area contributed by atoms with Crippen LogP contribution in [0.3, 0.4) is 0 Å². The van der Waals surface area contributed by atoms with Gasteiger partial charge in [0.05, 0.1) is 38.6 Å². The van der Waals surface area contributed by atoms with Crippen LogP contribution in [0.4, 0.5) is 0 Å². The topological polar surface area (TPSA) is 59.0 Å². The summed E-state index contributed by atoms with van der Waals surface area (Å²) in [5, 5.41) is 2.39. The lowest BCUT2D eigenvalue weighted by Gasteiger charge is -2.32. The Morgan fingerprint density at radius 2 is 1.09 bits per heavy atom. The maximum Gasteiger partial charge on any atom is 0.435 e. The summed E-state index contributed by atoms with van der Waals surface area (Å²) in [4.78, 5) is 9.88. The minimum atomic E-state index is -0.280. The number of benzene rings is 6. The fourth-order valence-corrected chi connectivity index (χ4v) is 7.51. The molecule has 11 rings (SSSR count). The highest BCUT2D eigenvalue weighted by molar-refractivity contribution is 6.74. The molecule has 6 aromatic carbocycles. The second-order valence-corrected chi connectivity index (χ2v) is 11.9. The largest absolute Gasteiger partial charge is 0.435 e. The first-order valence-electron chi connectivity index (χ1n) is 15.4. The van der Waals surface area contributed by atoms with Crippen molar-refractivity contribution >= 4 is 56.3 Å². The zero-order valence-corrected chi connectivity index (χ0v) is 24.3. The molecule has 0 saturated carbocycles. The summed E-state index contributed by atoms with van der Waals surface area (Å²) in [5.74, 6) is 1.45. The Bertz CT molecular complexity index is 2620. The Morgan fingerprint density at radius 3 is 1.76 bits per heavy atom. The van der Waals surface area contributed by atoms with Crippen LogP contribution in [0.2, 0.25) is 0 Å². The lowest BCUT2D eigenvalue weighted by Crippen LogP contribution is -2.50. The van der Waals surface area contributed by atoms with Gasteiger partial charge in [-0.3, -0.25) is 0 Å². The molecule has 0 radical (unpaired) electrons. The quantitative estimate of drug-likeness (QED) is 0.191. The molecule has 0 N–H and O–H groups in total. The summed E-state index contributed by atoms with van der Waals surface area (Å²) < 4.78 is 20.1. The van der Waals surface area contributed by atoms with E-state index in [1.54, 1.807) is 0 Å². The van der Waals surface area contributed by atoms with Crippen LogP contribution >= 0.6 is 0 Å². The lowest BCUT2D eigenvalue weighted by atomic mass is 9.64. The Labute approximate surface area is 262 Å². The van der Waals surface area contributed by atoms with Crippen molar-refractivity contribution in [2.45, 2.75) is 0 Å². The van der Waals surface area contributed by atoms with Gasteiger partial charge in [0.15, 0.2) is 0 Å². The molecule has 0 fully saturated rings. The maximum atomic E-state index is 6.69. The van der Waals surface area contributed by atoms with E-state index in [9.17, 15) is 0 Å². The highest BCUT2D eigenvalue weighted by atomic mass is 16.5. The van der Waals surface area contributed by atoms with E-state index in [1.165, 1.54) is 10.8 Å². The Morgan fingerprint density at radius 1 is 0.522 bits per heavy atom. The average Bonchev–Trinajstić information content (AvgIpc) is 3.77. The van der Waals surface area contributed by atoms with Crippen molar-refractivity contribution < 1.29 is 9.47 Å². The summed E-state index contributed by atoms with van der Waals surface area (Å²) in [7, 11) is 0. The molecule has 0 aliphatic carbocycles. The third-order valence-corrected chi connectivity index (χ3v) is 9.40. The van der Waals surface area contributed by atoms with Crippen LogP contribution in [0.1, 0.15) is 0 Å². The van der Waals surface area contributed by atoms with Crippen molar-refractivity contribution in [3.05, 3.63) is 133 Å². The summed E-state index contributed by atoms with van der Waals surface area (Å²) in [5.41, 5.74) is 10.2. The van der Waals surface area contributed by atoms with E-state index in [2.05, 4.69) is 111 Å². The zero-order valence-electron chi connectivity index (χ0n) is 24.3. The number of rotatable bonds is 2. The van der Waals surface area contributed by atoms with Crippen molar-refractivity contribution in [2.75, 3.05) is 0 Å². The number of imidazole rings is 2. The molecule has 0 atom stereocenters. The Kier molecular flexibility index (Phi) is 4.54. The van der Waals surface area contributed by atoms with Crippen molar-refractivity contribution in [2.24, 2.45) is 0 Å². The van der Waals surface area contributed by atoms with Crippen LogP contribution in [0.25, 0.3) is 60.7 Å². The van der Waals surface area contributed by atoms with Gasteiger partial charge in [0, 0.05) is 22.0 Å². The number of hydrogen-bond donors (Lipinski definition) is 0. The Hall–Kier alpha value is -6.28. The molecule has 3 aromatic heterocycles. The van der Waals surface area contributed by atoms with Crippen LogP contribution in [-0.2, 0) is 0 Å². The van der Waals surface area contributed by atoms with Crippen molar-refractivity contribution in [1.29, 1.82) is 0 Å². The zero-order chi connectivity index (χ0) is 29.9. The van der Waals surface area contributed by atoms with E-state index < -0.39 is 0 Å². The summed E-state index contributed by atoms with van der Waals surface area (Å²) >= 11 is 0. The Balaban J connectivity index is 1.22. The fraction of sp³-hybridized carbons (Fsp3) is 0. The predicted octanol–water partition coefficient (Wildman–Crippen LogP) is 8.15. The van der Waals surface area contributed by atoms with E-state index in [0.29, 0.717) is 12.0 Å². The molecule has 7 nitrogen and oxygen atoms in total. The molecule has 0 bridgehead atoms. The molecule has 9 aromatic rings. The van der Waals surface area contributed by atoms with Gasteiger partial charge in [-0.1, -0.05) is 78.9 Å². The van der Waals surface area contributed by atoms with Gasteiger partial charge in [0.1, 0.15) is 11.5 Å². The summed E-state index contributed by atoms with van der Waals surface area (Å²) in [6.45, 7) is -0.280. The molecular formula is C38H22BN5O2. The standard InChI is InChI=1S/C38H22BN5O2/c1-2-11-24(12-3-1)42-30-18-7-4-13-26(30)27-15-10-14-25(36(27)42)23-21-33-35-34(22-23)46-38-41-29-17-6-9-20-32(29)44(38)39(35)43-31-19-8-5-16-28(31)40-37(43)45-33/h1-22H. The monoisotopic (exact) mass is 591 g/mol. The van der Waals surface area contributed by atoms with E-state index >= 15 is 0 Å². The third kappa shape index (κ3) is 3.07. The SMILES string of the molecule is c1ccc(-n2c3ccccc3c3cccc(-c4cc5c6c(c4)Oc4nc7ccccc7n4B6n4c(nc6ccccc64)O5)c32)cc1. The van der Waals surface area contributed by atoms with Gasteiger partial charge in [-0.15, -0.1) is 0 Å². The molecule has 0 saturated heterocycles. The number of aromatic nitrogens is 5. The molecular weight excluding hydrogens is 569 g/mol. The third-order valence-electron chi connectivity index (χ3n) is 9.40. The number of ether oxygens (including phenoxy) is 2. The second kappa shape index (κ2) is 8.67. The van der Waals surface area contributed by atoms with E-state index in [0.717, 1.165) is 66.9 Å². The first-order chi connectivity index (χ1) is 22.8. The first-order valence-corrected chi connectivity index (χ1v) is 15.4. The number of fused-ring (bicyclic) bond motifs is 11. The number of nitrogens with zero attached hydrogens (tertiary/aromatic N) is 5. The van der Waals surface area contributed by atoms with Crippen LogP contribution in [-0.4, -0.2) is 30.5 Å². The van der Waals surface area contributed by atoms with Gasteiger partial charge in [-0.2, -0.15) is 9.97 Å². The van der Waals surface area contributed by atoms with Gasteiger partial charge >= 0.3 is 6.98 Å². The minimum absolute atomic E-state index is 0.280.